The summed E-state index contributed by atoms with van der Waals surface area (Å²) in [6.07, 6.45) is 0.891. The summed E-state index contributed by atoms with van der Waals surface area (Å²) in [5.74, 6) is -0.0931. The summed E-state index contributed by atoms with van der Waals surface area (Å²) in [6.45, 7) is 2.56. The molecule has 0 aromatic heterocycles. The standard InChI is InChI=1S/C16H18N2O/c1-2-13-5-3-4-6-15(13)18-16(19)14-9-7-12(11-17)8-10-14/h3-10H,2,11,17H2,1H3,(H,18,19). The molecule has 0 radical (unpaired) electrons. The van der Waals surface area contributed by atoms with Crippen LogP contribution in [0.2, 0.25) is 0 Å². The van der Waals surface area contributed by atoms with E-state index < -0.39 is 0 Å². The van der Waals surface area contributed by atoms with E-state index in [1.54, 1.807) is 12.1 Å². The Labute approximate surface area is 113 Å². The molecule has 0 aliphatic heterocycles. The zero-order valence-corrected chi connectivity index (χ0v) is 11.0. The van der Waals surface area contributed by atoms with Crippen LogP contribution in [-0.2, 0) is 13.0 Å². The summed E-state index contributed by atoms with van der Waals surface area (Å²) >= 11 is 0. The molecule has 0 unspecified atom stereocenters. The molecule has 0 saturated carbocycles. The average molecular weight is 254 g/mol. The third kappa shape index (κ3) is 3.20. The van der Waals surface area contributed by atoms with E-state index >= 15 is 0 Å². The average Bonchev–Trinajstić information content (AvgIpc) is 2.48. The van der Waals surface area contributed by atoms with Crippen LogP contribution >= 0.6 is 0 Å². The molecule has 0 spiro atoms. The molecule has 0 saturated heterocycles. The van der Waals surface area contributed by atoms with E-state index in [4.69, 9.17) is 5.73 Å². The van der Waals surface area contributed by atoms with E-state index in [0.717, 1.165) is 23.2 Å². The van der Waals surface area contributed by atoms with Crippen molar-refractivity contribution in [2.24, 2.45) is 5.73 Å². The lowest BCUT2D eigenvalue weighted by Crippen LogP contribution is -2.13. The largest absolute Gasteiger partial charge is 0.326 e. The van der Waals surface area contributed by atoms with Gasteiger partial charge in [0, 0.05) is 17.8 Å². The maximum absolute atomic E-state index is 12.1. The number of carbonyl (C=O) groups excluding carboxylic acids is 1. The normalized spacial score (nSPS) is 10.2. The molecule has 3 nitrogen and oxygen atoms in total. The van der Waals surface area contributed by atoms with Crippen LogP contribution in [0.15, 0.2) is 48.5 Å². The Balaban J connectivity index is 2.16. The second-order valence-electron chi connectivity index (χ2n) is 4.37. The molecule has 0 heterocycles. The van der Waals surface area contributed by atoms with Crippen LogP contribution in [-0.4, -0.2) is 5.91 Å². The summed E-state index contributed by atoms with van der Waals surface area (Å²) in [7, 11) is 0. The van der Waals surface area contributed by atoms with Crippen molar-refractivity contribution in [2.45, 2.75) is 19.9 Å². The summed E-state index contributed by atoms with van der Waals surface area (Å²) in [4.78, 5) is 12.1. The van der Waals surface area contributed by atoms with Gasteiger partial charge in [-0.15, -0.1) is 0 Å². The quantitative estimate of drug-likeness (QED) is 0.881. The number of benzene rings is 2. The van der Waals surface area contributed by atoms with Gasteiger partial charge in [-0.3, -0.25) is 4.79 Å². The molecule has 98 valence electrons. The van der Waals surface area contributed by atoms with E-state index in [-0.39, 0.29) is 5.91 Å². The van der Waals surface area contributed by atoms with Crippen LogP contribution in [0, 0.1) is 0 Å². The molecule has 3 heteroatoms. The van der Waals surface area contributed by atoms with E-state index in [9.17, 15) is 4.79 Å². The van der Waals surface area contributed by atoms with Crippen molar-refractivity contribution in [3.8, 4) is 0 Å². The van der Waals surface area contributed by atoms with Crippen LogP contribution in [0.4, 0.5) is 5.69 Å². The monoisotopic (exact) mass is 254 g/mol. The van der Waals surface area contributed by atoms with Crippen LogP contribution in [0.1, 0.15) is 28.4 Å². The Morgan fingerprint density at radius 1 is 1.11 bits per heavy atom. The van der Waals surface area contributed by atoms with Crippen molar-refractivity contribution in [3.05, 3.63) is 65.2 Å². The van der Waals surface area contributed by atoms with Gasteiger partial charge in [0.1, 0.15) is 0 Å². The zero-order valence-electron chi connectivity index (χ0n) is 11.0. The second kappa shape index (κ2) is 6.16. The van der Waals surface area contributed by atoms with Gasteiger partial charge in [-0.05, 0) is 35.7 Å². The number of rotatable bonds is 4. The molecule has 0 aliphatic carbocycles. The highest BCUT2D eigenvalue weighted by atomic mass is 16.1. The third-order valence-electron chi connectivity index (χ3n) is 3.10. The summed E-state index contributed by atoms with van der Waals surface area (Å²) < 4.78 is 0. The molecule has 19 heavy (non-hydrogen) atoms. The number of amides is 1. The SMILES string of the molecule is CCc1ccccc1NC(=O)c1ccc(CN)cc1. The van der Waals surface area contributed by atoms with Crippen molar-refractivity contribution in [3.63, 3.8) is 0 Å². The van der Waals surface area contributed by atoms with Gasteiger partial charge in [-0.25, -0.2) is 0 Å². The van der Waals surface area contributed by atoms with Crippen LogP contribution < -0.4 is 11.1 Å². The third-order valence-corrected chi connectivity index (χ3v) is 3.10. The lowest BCUT2D eigenvalue weighted by Gasteiger charge is -2.09. The Bertz CT molecular complexity index is 561. The molecule has 0 atom stereocenters. The molecule has 2 aromatic carbocycles. The first-order chi connectivity index (χ1) is 9.24. The molecule has 0 aliphatic rings. The molecule has 0 bridgehead atoms. The van der Waals surface area contributed by atoms with Crippen LogP contribution in [0.25, 0.3) is 0 Å². The number of para-hydroxylation sites is 1. The van der Waals surface area contributed by atoms with Crippen molar-refractivity contribution in [2.75, 3.05) is 5.32 Å². The first kappa shape index (κ1) is 13.3. The van der Waals surface area contributed by atoms with E-state index in [1.807, 2.05) is 36.4 Å². The second-order valence-corrected chi connectivity index (χ2v) is 4.37. The fraction of sp³-hybridized carbons (Fsp3) is 0.188. The Morgan fingerprint density at radius 3 is 2.42 bits per heavy atom. The summed E-state index contributed by atoms with van der Waals surface area (Å²) in [5.41, 5.74) is 9.20. The minimum Gasteiger partial charge on any atom is -0.326 e. The van der Waals surface area contributed by atoms with E-state index in [2.05, 4.69) is 12.2 Å². The first-order valence-corrected chi connectivity index (χ1v) is 6.43. The number of anilines is 1. The maximum atomic E-state index is 12.1. The van der Waals surface area contributed by atoms with Gasteiger partial charge in [-0.1, -0.05) is 37.3 Å². The summed E-state index contributed by atoms with van der Waals surface area (Å²) in [5, 5.41) is 2.95. The van der Waals surface area contributed by atoms with Crippen molar-refractivity contribution in [1.82, 2.24) is 0 Å². The molecule has 2 rings (SSSR count). The molecule has 1 amide bonds. The highest BCUT2D eigenvalue weighted by molar-refractivity contribution is 6.04. The topological polar surface area (TPSA) is 55.1 Å². The van der Waals surface area contributed by atoms with Gasteiger partial charge in [0.05, 0.1) is 0 Å². The maximum Gasteiger partial charge on any atom is 0.255 e. The number of aryl methyl sites for hydroxylation is 1. The number of hydrogen-bond acceptors (Lipinski definition) is 2. The number of nitrogens with one attached hydrogen (secondary N) is 1. The molecule has 0 fully saturated rings. The Morgan fingerprint density at radius 2 is 1.79 bits per heavy atom. The minimum atomic E-state index is -0.0931. The van der Waals surface area contributed by atoms with Crippen molar-refractivity contribution < 1.29 is 4.79 Å². The Hall–Kier alpha value is -2.13. The van der Waals surface area contributed by atoms with Gasteiger partial charge in [-0.2, -0.15) is 0 Å². The van der Waals surface area contributed by atoms with Gasteiger partial charge >= 0.3 is 0 Å². The van der Waals surface area contributed by atoms with Crippen LogP contribution in [0.3, 0.4) is 0 Å². The van der Waals surface area contributed by atoms with Gasteiger partial charge in [0.15, 0.2) is 0 Å². The minimum absolute atomic E-state index is 0.0931. The summed E-state index contributed by atoms with van der Waals surface area (Å²) in [6, 6.07) is 15.2. The predicted octanol–water partition coefficient (Wildman–Crippen LogP) is 2.96. The highest BCUT2D eigenvalue weighted by Gasteiger charge is 2.07. The molecular weight excluding hydrogens is 236 g/mol. The lowest BCUT2D eigenvalue weighted by molar-refractivity contribution is 0.102. The van der Waals surface area contributed by atoms with Crippen molar-refractivity contribution in [1.29, 1.82) is 0 Å². The van der Waals surface area contributed by atoms with E-state index in [0.29, 0.717) is 12.1 Å². The van der Waals surface area contributed by atoms with Gasteiger partial charge < -0.3 is 11.1 Å². The fourth-order valence-corrected chi connectivity index (χ4v) is 1.94. The number of hydrogen-bond donors (Lipinski definition) is 2. The van der Waals surface area contributed by atoms with Gasteiger partial charge in [0.2, 0.25) is 0 Å². The van der Waals surface area contributed by atoms with Crippen molar-refractivity contribution >= 4 is 11.6 Å². The fourth-order valence-electron chi connectivity index (χ4n) is 1.94. The lowest BCUT2D eigenvalue weighted by atomic mass is 10.1. The molecule has 2 aromatic rings. The number of nitrogens with two attached hydrogens (primary N) is 1. The Kier molecular flexibility index (Phi) is 4.31. The van der Waals surface area contributed by atoms with E-state index in [1.165, 1.54) is 0 Å². The van der Waals surface area contributed by atoms with Gasteiger partial charge in [0.25, 0.3) is 5.91 Å². The predicted molar refractivity (Wildman–Crippen MR) is 78.1 cm³/mol. The first-order valence-electron chi connectivity index (χ1n) is 6.43. The smallest absolute Gasteiger partial charge is 0.255 e. The zero-order chi connectivity index (χ0) is 13.7. The van der Waals surface area contributed by atoms with Crippen LogP contribution in [0.5, 0.6) is 0 Å². The molecule has 3 N–H and O–H groups in total. The highest BCUT2D eigenvalue weighted by Crippen LogP contribution is 2.16. The molecular formula is C16H18N2O. The number of carbonyl (C=O) groups is 1.